The minimum Gasteiger partial charge on any atom is -0.483 e. The summed E-state index contributed by atoms with van der Waals surface area (Å²) >= 11 is 3.25. The molecule has 1 aromatic carbocycles. The Hall–Kier alpha value is -1.62. The summed E-state index contributed by atoms with van der Waals surface area (Å²) in [7, 11) is 0. The summed E-state index contributed by atoms with van der Waals surface area (Å²) in [4.78, 5) is 22.0. The Bertz CT molecular complexity index is 432. The van der Waals surface area contributed by atoms with Crippen LogP contribution in [0.2, 0.25) is 0 Å². The normalized spacial score (nSPS) is 9.47. The zero-order valence-corrected chi connectivity index (χ0v) is 10.7. The third kappa shape index (κ3) is 4.40. The minimum atomic E-state index is -0.260. The van der Waals surface area contributed by atoms with E-state index in [1.807, 2.05) is 0 Å². The monoisotopic (exact) mass is 297 g/mol. The van der Waals surface area contributed by atoms with E-state index in [4.69, 9.17) is 4.74 Å². The number of halogens is 1. The fraction of sp³-hybridized carbons (Fsp3) is 0.167. The Kier molecular flexibility index (Phi) is 5.42. The van der Waals surface area contributed by atoms with Gasteiger partial charge in [-0.2, -0.15) is 0 Å². The quantitative estimate of drug-likeness (QED) is 0.645. The van der Waals surface area contributed by atoms with Crippen molar-refractivity contribution in [1.82, 2.24) is 5.32 Å². The van der Waals surface area contributed by atoms with E-state index in [1.54, 1.807) is 24.3 Å². The lowest BCUT2D eigenvalue weighted by Gasteiger charge is -2.08. The molecule has 0 aliphatic rings. The first-order chi connectivity index (χ1) is 8.17. The van der Waals surface area contributed by atoms with Crippen LogP contribution in [-0.4, -0.2) is 25.3 Å². The Morgan fingerprint density at radius 1 is 1.53 bits per heavy atom. The van der Waals surface area contributed by atoms with Crippen molar-refractivity contribution >= 4 is 28.1 Å². The highest BCUT2D eigenvalue weighted by Gasteiger charge is 2.06. The molecule has 90 valence electrons. The first kappa shape index (κ1) is 13.4. The maximum Gasteiger partial charge on any atom is 0.258 e. The van der Waals surface area contributed by atoms with Gasteiger partial charge in [-0.3, -0.25) is 9.59 Å². The molecule has 1 rings (SSSR count). The van der Waals surface area contributed by atoms with Gasteiger partial charge in [-0.15, -0.1) is 6.58 Å². The van der Waals surface area contributed by atoms with Gasteiger partial charge in [0, 0.05) is 11.0 Å². The molecule has 1 aromatic rings. The van der Waals surface area contributed by atoms with E-state index in [0.717, 1.165) is 4.47 Å². The van der Waals surface area contributed by atoms with Crippen molar-refractivity contribution in [3.8, 4) is 5.75 Å². The van der Waals surface area contributed by atoms with Gasteiger partial charge in [0.05, 0.1) is 5.56 Å². The average Bonchev–Trinajstić information content (AvgIpc) is 2.34. The molecule has 0 aromatic heterocycles. The van der Waals surface area contributed by atoms with Crippen LogP contribution in [0.4, 0.5) is 0 Å². The summed E-state index contributed by atoms with van der Waals surface area (Å²) in [6.07, 6.45) is 2.26. The molecule has 17 heavy (non-hydrogen) atoms. The van der Waals surface area contributed by atoms with Crippen molar-refractivity contribution in [2.75, 3.05) is 13.2 Å². The number of ether oxygens (including phenoxy) is 1. The zero-order valence-electron chi connectivity index (χ0n) is 9.11. The van der Waals surface area contributed by atoms with Gasteiger partial charge in [0.15, 0.2) is 12.9 Å². The lowest BCUT2D eigenvalue weighted by molar-refractivity contribution is -0.122. The van der Waals surface area contributed by atoms with Gasteiger partial charge in [-0.1, -0.05) is 22.0 Å². The Morgan fingerprint density at radius 2 is 2.29 bits per heavy atom. The zero-order chi connectivity index (χ0) is 12.7. The molecule has 0 fully saturated rings. The van der Waals surface area contributed by atoms with Crippen LogP contribution in [0.3, 0.4) is 0 Å². The van der Waals surface area contributed by atoms with Crippen molar-refractivity contribution < 1.29 is 14.3 Å². The van der Waals surface area contributed by atoms with Gasteiger partial charge in [-0.05, 0) is 18.2 Å². The van der Waals surface area contributed by atoms with Crippen molar-refractivity contribution in [3.63, 3.8) is 0 Å². The summed E-state index contributed by atoms with van der Waals surface area (Å²) in [5, 5.41) is 2.57. The van der Waals surface area contributed by atoms with Gasteiger partial charge in [-0.25, -0.2) is 0 Å². The van der Waals surface area contributed by atoms with Gasteiger partial charge in [0.1, 0.15) is 5.75 Å². The van der Waals surface area contributed by atoms with Crippen LogP contribution in [0.5, 0.6) is 5.75 Å². The number of rotatable bonds is 6. The summed E-state index contributed by atoms with van der Waals surface area (Å²) in [5.41, 5.74) is 0.399. The van der Waals surface area contributed by atoms with E-state index in [0.29, 0.717) is 24.1 Å². The van der Waals surface area contributed by atoms with Gasteiger partial charge in [0.2, 0.25) is 0 Å². The summed E-state index contributed by atoms with van der Waals surface area (Å²) in [6.45, 7) is 3.74. The number of carbonyl (C=O) groups is 2. The number of aldehydes is 1. The van der Waals surface area contributed by atoms with Crippen molar-refractivity contribution in [1.29, 1.82) is 0 Å². The van der Waals surface area contributed by atoms with E-state index in [2.05, 4.69) is 27.8 Å². The molecule has 1 N–H and O–H groups in total. The molecule has 0 aliphatic heterocycles. The van der Waals surface area contributed by atoms with Crippen LogP contribution < -0.4 is 10.1 Å². The molecule has 0 spiro atoms. The molecule has 0 aliphatic carbocycles. The topological polar surface area (TPSA) is 55.4 Å². The molecule has 0 atom stereocenters. The molecule has 1 amide bonds. The third-order valence-electron chi connectivity index (χ3n) is 1.90. The van der Waals surface area contributed by atoms with E-state index < -0.39 is 0 Å². The Balaban J connectivity index is 2.59. The molecule has 0 bridgehead atoms. The largest absolute Gasteiger partial charge is 0.483 e. The molecule has 4 nitrogen and oxygen atoms in total. The first-order valence-corrected chi connectivity index (χ1v) is 5.71. The maximum absolute atomic E-state index is 11.3. The standard InChI is InChI=1S/C12H12BrNO3/c1-2-5-14-12(16)8-17-11-4-3-10(13)6-9(11)7-15/h2-4,6-7H,1,5,8H2,(H,14,16). The van der Waals surface area contributed by atoms with Crippen molar-refractivity contribution in [2.24, 2.45) is 0 Å². The SMILES string of the molecule is C=CCNC(=O)COc1ccc(Br)cc1C=O. The van der Waals surface area contributed by atoms with Crippen LogP contribution >= 0.6 is 15.9 Å². The fourth-order valence-electron chi connectivity index (χ4n) is 1.12. The molecular formula is C12H12BrNO3. The van der Waals surface area contributed by atoms with Crippen molar-refractivity contribution in [3.05, 3.63) is 40.9 Å². The van der Waals surface area contributed by atoms with Crippen LogP contribution in [-0.2, 0) is 4.79 Å². The summed E-state index contributed by atoms with van der Waals surface area (Å²) in [5.74, 6) is 0.127. The smallest absolute Gasteiger partial charge is 0.258 e. The van der Waals surface area contributed by atoms with E-state index in [-0.39, 0.29) is 12.5 Å². The summed E-state index contributed by atoms with van der Waals surface area (Å²) in [6, 6.07) is 5.00. The first-order valence-electron chi connectivity index (χ1n) is 4.92. The third-order valence-corrected chi connectivity index (χ3v) is 2.39. The Morgan fingerprint density at radius 3 is 2.94 bits per heavy atom. The molecule has 0 unspecified atom stereocenters. The van der Waals surface area contributed by atoms with Crippen molar-refractivity contribution in [2.45, 2.75) is 0 Å². The summed E-state index contributed by atoms with van der Waals surface area (Å²) < 4.78 is 6.02. The average molecular weight is 298 g/mol. The maximum atomic E-state index is 11.3. The lowest BCUT2D eigenvalue weighted by Crippen LogP contribution is -2.28. The number of hydrogen-bond acceptors (Lipinski definition) is 3. The van der Waals surface area contributed by atoms with Crippen LogP contribution in [0.25, 0.3) is 0 Å². The van der Waals surface area contributed by atoms with Crippen LogP contribution in [0.15, 0.2) is 35.3 Å². The molecular weight excluding hydrogens is 286 g/mol. The predicted molar refractivity (Wildman–Crippen MR) is 68.2 cm³/mol. The highest BCUT2D eigenvalue weighted by Crippen LogP contribution is 2.21. The molecule has 5 heteroatoms. The second-order valence-corrected chi connectivity index (χ2v) is 4.10. The van der Waals surface area contributed by atoms with Gasteiger partial charge < -0.3 is 10.1 Å². The number of carbonyl (C=O) groups excluding carboxylic acids is 2. The number of benzene rings is 1. The highest BCUT2D eigenvalue weighted by atomic mass is 79.9. The Labute approximate surface area is 108 Å². The number of hydrogen-bond donors (Lipinski definition) is 1. The fourth-order valence-corrected chi connectivity index (χ4v) is 1.50. The number of nitrogens with one attached hydrogen (secondary N) is 1. The van der Waals surface area contributed by atoms with Crippen LogP contribution in [0, 0.1) is 0 Å². The lowest BCUT2D eigenvalue weighted by atomic mass is 10.2. The van der Waals surface area contributed by atoms with E-state index >= 15 is 0 Å². The van der Waals surface area contributed by atoms with E-state index in [9.17, 15) is 9.59 Å². The molecule has 0 saturated carbocycles. The highest BCUT2D eigenvalue weighted by molar-refractivity contribution is 9.10. The van der Waals surface area contributed by atoms with Crippen LogP contribution in [0.1, 0.15) is 10.4 Å². The number of amides is 1. The van der Waals surface area contributed by atoms with Gasteiger partial charge >= 0.3 is 0 Å². The molecule has 0 radical (unpaired) electrons. The van der Waals surface area contributed by atoms with Gasteiger partial charge in [0.25, 0.3) is 5.91 Å². The minimum absolute atomic E-state index is 0.129. The predicted octanol–water partition coefficient (Wildman–Crippen LogP) is 1.94. The second kappa shape index (κ2) is 6.85. The molecule has 0 heterocycles. The van der Waals surface area contributed by atoms with E-state index in [1.165, 1.54) is 0 Å². The molecule has 0 saturated heterocycles. The second-order valence-electron chi connectivity index (χ2n) is 3.18.